The van der Waals surface area contributed by atoms with Gasteiger partial charge >= 0.3 is 0 Å². The summed E-state index contributed by atoms with van der Waals surface area (Å²) >= 11 is 5.95. The monoisotopic (exact) mass is 356 g/mol. The van der Waals surface area contributed by atoms with Gasteiger partial charge in [0.05, 0.1) is 19.4 Å². The first-order valence-electron chi connectivity index (χ1n) is 7.57. The van der Waals surface area contributed by atoms with Gasteiger partial charge in [0.25, 0.3) is 5.91 Å². The van der Waals surface area contributed by atoms with Crippen LogP contribution >= 0.6 is 11.6 Å². The van der Waals surface area contributed by atoms with Crippen LogP contribution in [-0.2, 0) is 4.79 Å². The van der Waals surface area contributed by atoms with Gasteiger partial charge in [0.2, 0.25) is 0 Å². The van der Waals surface area contributed by atoms with Gasteiger partial charge in [-0.3, -0.25) is 4.79 Å². The van der Waals surface area contributed by atoms with Crippen molar-refractivity contribution in [2.45, 2.75) is 6.92 Å². The molecule has 1 amide bonds. The van der Waals surface area contributed by atoms with Gasteiger partial charge in [0.1, 0.15) is 23.1 Å². The smallest absolute Gasteiger partial charge is 0.266 e. The Morgan fingerprint density at radius 2 is 2.12 bits per heavy atom. The molecule has 0 aromatic heterocycles. The third-order valence-electron chi connectivity index (χ3n) is 3.25. The van der Waals surface area contributed by atoms with Gasteiger partial charge in [-0.15, -0.1) is 0 Å². The highest BCUT2D eigenvalue weighted by Gasteiger charge is 2.13. The molecule has 5 nitrogen and oxygen atoms in total. The molecule has 1 N–H and O–H groups in total. The molecule has 0 unspecified atom stereocenters. The van der Waals surface area contributed by atoms with Crippen molar-refractivity contribution >= 4 is 29.3 Å². The zero-order valence-corrected chi connectivity index (χ0v) is 14.6. The number of carbonyl (C=O) groups is 1. The highest BCUT2D eigenvalue weighted by molar-refractivity contribution is 6.31. The SMILES string of the molecule is CCOc1cccc(/C=C(\C#N)C(=O)Nc2cc(Cl)ccc2OC)c1. The average molecular weight is 357 g/mol. The highest BCUT2D eigenvalue weighted by Crippen LogP contribution is 2.28. The molecule has 6 heteroatoms. The van der Waals surface area contributed by atoms with Crippen molar-refractivity contribution in [1.82, 2.24) is 0 Å². The molecule has 25 heavy (non-hydrogen) atoms. The van der Waals surface area contributed by atoms with Crippen molar-refractivity contribution in [1.29, 1.82) is 5.26 Å². The molecule has 0 atom stereocenters. The third kappa shape index (κ3) is 5.00. The third-order valence-corrected chi connectivity index (χ3v) is 3.49. The van der Waals surface area contributed by atoms with Crippen molar-refractivity contribution in [3.05, 3.63) is 58.6 Å². The lowest BCUT2D eigenvalue weighted by Gasteiger charge is -2.10. The molecule has 2 aromatic rings. The van der Waals surface area contributed by atoms with Crippen LogP contribution in [0.1, 0.15) is 12.5 Å². The molecular weight excluding hydrogens is 340 g/mol. The lowest BCUT2D eigenvalue weighted by atomic mass is 10.1. The summed E-state index contributed by atoms with van der Waals surface area (Å²) in [6.45, 7) is 2.42. The van der Waals surface area contributed by atoms with E-state index in [9.17, 15) is 10.1 Å². The Labute approximate surface area is 151 Å². The Morgan fingerprint density at radius 3 is 2.80 bits per heavy atom. The van der Waals surface area contributed by atoms with Crippen LogP contribution < -0.4 is 14.8 Å². The number of benzene rings is 2. The Hall–Kier alpha value is -2.97. The second-order valence-corrected chi connectivity index (χ2v) is 5.41. The number of nitrogens with zero attached hydrogens (tertiary/aromatic N) is 1. The minimum Gasteiger partial charge on any atom is -0.495 e. The molecule has 2 rings (SSSR count). The number of nitrogens with one attached hydrogen (secondary N) is 1. The van der Waals surface area contributed by atoms with Crippen molar-refractivity contribution in [3.63, 3.8) is 0 Å². The normalized spacial score (nSPS) is 10.7. The van der Waals surface area contributed by atoms with E-state index in [-0.39, 0.29) is 5.57 Å². The van der Waals surface area contributed by atoms with Crippen LogP contribution in [0.2, 0.25) is 5.02 Å². The van der Waals surface area contributed by atoms with E-state index < -0.39 is 5.91 Å². The van der Waals surface area contributed by atoms with Gasteiger partial charge in [-0.2, -0.15) is 5.26 Å². The maximum Gasteiger partial charge on any atom is 0.266 e. The molecule has 0 radical (unpaired) electrons. The Kier molecular flexibility index (Phi) is 6.44. The largest absolute Gasteiger partial charge is 0.495 e. The minimum atomic E-state index is -0.551. The van der Waals surface area contributed by atoms with E-state index in [0.29, 0.717) is 34.4 Å². The highest BCUT2D eigenvalue weighted by atomic mass is 35.5. The maximum atomic E-state index is 12.4. The van der Waals surface area contributed by atoms with E-state index in [1.165, 1.54) is 13.2 Å². The van der Waals surface area contributed by atoms with E-state index >= 15 is 0 Å². The van der Waals surface area contributed by atoms with Crippen molar-refractivity contribution < 1.29 is 14.3 Å². The Balaban J connectivity index is 2.26. The molecule has 0 saturated carbocycles. The van der Waals surface area contributed by atoms with Crippen LogP contribution in [0.3, 0.4) is 0 Å². The summed E-state index contributed by atoms with van der Waals surface area (Å²) in [7, 11) is 1.49. The number of hydrogen-bond donors (Lipinski definition) is 1. The van der Waals surface area contributed by atoms with E-state index in [2.05, 4.69) is 5.32 Å². The maximum absolute atomic E-state index is 12.4. The van der Waals surface area contributed by atoms with Crippen LogP contribution in [0.15, 0.2) is 48.0 Å². The second-order valence-electron chi connectivity index (χ2n) is 4.97. The number of carbonyl (C=O) groups excluding carboxylic acids is 1. The van der Waals surface area contributed by atoms with Gasteiger partial charge in [0, 0.05) is 5.02 Å². The van der Waals surface area contributed by atoms with E-state index in [1.54, 1.807) is 36.4 Å². The zero-order valence-electron chi connectivity index (χ0n) is 13.9. The zero-order chi connectivity index (χ0) is 18.2. The van der Waals surface area contributed by atoms with Crippen LogP contribution in [0, 0.1) is 11.3 Å². The Morgan fingerprint density at radius 1 is 1.32 bits per heavy atom. The number of halogens is 1. The standard InChI is InChI=1S/C19H17ClN2O3/c1-3-25-16-6-4-5-13(10-16)9-14(12-21)19(23)22-17-11-15(20)7-8-18(17)24-2/h4-11H,3H2,1-2H3,(H,22,23)/b14-9+. The topological polar surface area (TPSA) is 71.3 Å². The average Bonchev–Trinajstić information content (AvgIpc) is 2.60. The van der Waals surface area contributed by atoms with E-state index in [0.717, 1.165) is 0 Å². The molecular formula is C19H17ClN2O3. The van der Waals surface area contributed by atoms with Gasteiger partial charge < -0.3 is 14.8 Å². The summed E-state index contributed by atoms with van der Waals surface area (Å²) in [6, 6.07) is 13.9. The molecule has 2 aromatic carbocycles. The number of ether oxygens (including phenoxy) is 2. The quantitative estimate of drug-likeness (QED) is 0.619. The lowest BCUT2D eigenvalue weighted by Crippen LogP contribution is -2.14. The summed E-state index contributed by atoms with van der Waals surface area (Å²) in [5.74, 6) is 0.573. The molecule has 0 heterocycles. The van der Waals surface area contributed by atoms with Crippen LogP contribution in [0.5, 0.6) is 11.5 Å². The van der Waals surface area contributed by atoms with E-state index in [1.807, 2.05) is 19.1 Å². The Bertz CT molecular complexity index is 841. The van der Waals surface area contributed by atoms with E-state index in [4.69, 9.17) is 21.1 Å². The number of nitriles is 1. The summed E-state index contributed by atoms with van der Waals surface area (Å²) in [5.41, 5.74) is 1.04. The first-order valence-corrected chi connectivity index (χ1v) is 7.94. The lowest BCUT2D eigenvalue weighted by molar-refractivity contribution is -0.112. The molecule has 0 saturated heterocycles. The van der Waals surface area contributed by atoms with Gasteiger partial charge in [-0.05, 0) is 48.9 Å². The fourth-order valence-corrected chi connectivity index (χ4v) is 2.32. The molecule has 0 spiro atoms. The molecule has 0 fully saturated rings. The van der Waals surface area contributed by atoms with Gasteiger partial charge in [-0.1, -0.05) is 23.7 Å². The molecule has 0 bridgehead atoms. The summed E-state index contributed by atoms with van der Waals surface area (Å²) in [4.78, 5) is 12.4. The number of methoxy groups -OCH3 is 1. The van der Waals surface area contributed by atoms with Gasteiger partial charge in [0.15, 0.2) is 0 Å². The number of anilines is 1. The summed E-state index contributed by atoms with van der Waals surface area (Å²) in [5, 5.41) is 12.4. The number of rotatable bonds is 6. The predicted molar refractivity (Wildman–Crippen MR) is 97.8 cm³/mol. The van der Waals surface area contributed by atoms with Crippen molar-refractivity contribution in [3.8, 4) is 17.6 Å². The fraction of sp³-hybridized carbons (Fsp3) is 0.158. The summed E-state index contributed by atoms with van der Waals surface area (Å²) < 4.78 is 10.6. The predicted octanol–water partition coefficient (Wildman–Crippen LogP) is 4.29. The van der Waals surface area contributed by atoms with Crippen LogP contribution in [0.25, 0.3) is 6.08 Å². The molecule has 0 aliphatic carbocycles. The number of amides is 1. The summed E-state index contributed by atoms with van der Waals surface area (Å²) in [6.07, 6.45) is 1.49. The number of hydrogen-bond acceptors (Lipinski definition) is 4. The molecule has 0 aliphatic heterocycles. The fourth-order valence-electron chi connectivity index (χ4n) is 2.14. The molecule has 128 valence electrons. The first-order chi connectivity index (χ1) is 12.1. The van der Waals surface area contributed by atoms with Crippen molar-refractivity contribution in [2.75, 3.05) is 19.0 Å². The minimum absolute atomic E-state index is 0.0457. The van der Waals surface area contributed by atoms with Crippen LogP contribution in [0.4, 0.5) is 5.69 Å². The first kappa shape index (κ1) is 18.4. The van der Waals surface area contributed by atoms with Gasteiger partial charge in [-0.25, -0.2) is 0 Å². The molecule has 0 aliphatic rings. The second kappa shape index (κ2) is 8.76. The van der Waals surface area contributed by atoms with Crippen molar-refractivity contribution in [2.24, 2.45) is 0 Å². The van der Waals surface area contributed by atoms with Crippen LogP contribution in [-0.4, -0.2) is 19.6 Å².